The quantitative estimate of drug-likeness (QED) is 0.537. The van der Waals surface area contributed by atoms with Crippen molar-refractivity contribution in [1.82, 2.24) is 0 Å². The van der Waals surface area contributed by atoms with Crippen LogP contribution in [0.5, 0.6) is 5.75 Å². The molecule has 2 atom stereocenters. The van der Waals surface area contributed by atoms with Crippen LogP contribution in [0.3, 0.4) is 0 Å². The standard InChI is InChI=1S/C18H21IO/c1-12(19)11-16(18(2)9-10-18)14-6-3-7-15-13(14)5-4-8-17(15)20/h3-8,12,16,20H,9-11H2,1-2H3. The van der Waals surface area contributed by atoms with Crippen molar-refractivity contribution in [3.05, 3.63) is 42.0 Å². The fraction of sp³-hybridized carbons (Fsp3) is 0.444. The lowest BCUT2D eigenvalue weighted by atomic mass is 9.79. The summed E-state index contributed by atoms with van der Waals surface area (Å²) in [5.74, 6) is 0.992. The largest absolute Gasteiger partial charge is 0.507 e. The number of rotatable bonds is 4. The molecule has 1 fully saturated rings. The summed E-state index contributed by atoms with van der Waals surface area (Å²) in [5, 5.41) is 12.3. The Bertz CT molecular complexity index is 628. The predicted molar refractivity (Wildman–Crippen MR) is 93.8 cm³/mol. The fourth-order valence-corrected chi connectivity index (χ4v) is 3.79. The van der Waals surface area contributed by atoms with E-state index in [0.29, 0.717) is 21.0 Å². The maximum Gasteiger partial charge on any atom is 0.123 e. The number of hydrogen-bond donors (Lipinski definition) is 1. The van der Waals surface area contributed by atoms with Gasteiger partial charge in [-0.1, -0.05) is 66.8 Å². The smallest absolute Gasteiger partial charge is 0.123 e. The molecule has 2 aromatic rings. The molecule has 106 valence electrons. The van der Waals surface area contributed by atoms with Gasteiger partial charge in [-0.25, -0.2) is 0 Å². The van der Waals surface area contributed by atoms with Crippen LogP contribution in [-0.2, 0) is 0 Å². The van der Waals surface area contributed by atoms with Crippen molar-refractivity contribution in [3.8, 4) is 5.75 Å². The minimum atomic E-state index is 0.395. The van der Waals surface area contributed by atoms with E-state index < -0.39 is 0 Å². The van der Waals surface area contributed by atoms with Crippen molar-refractivity contribution >= 4 is 33.4 Å². The van der Waals surface area contributed by atoms with Crippen LogP contribution in [0.4, 0.5) is 0 Å². The highest BCUT2D eigenvalue weighted by molar-refractivity contribution is 14.1. The monoisotopic (exact) mass is 380 g/mol. The van der Waals surface area contributed by atoms with E-state index in [1.807, 2.05) is 12.1 Å². The highest BCUT2D eigenvalue weighted by atomic mass is 127. The third-order valence-electron chi connectivity index (χ3n) is 4.75. The number of aromatic hydroxyl groups is 1. The zero-order valence-corrected chi connectivity index (χ0v) is 14.2. The predicted octanol–water partition coefficient (Wildman–Crippen LogP) is 5.64. The van der Waals surface area contributed by atoms with Crippen molar-refractivity contribution in [1.29, 1.82) is 0 Å². The molecule has 1 N–H and O–H groups in total. The molecule has 1 saturated carbocycles. The fourth-order valence-electron chi connectivity index (χ4n) is 3.28. The zero-order chi connectivity index (χ0) is 14.3. The number of halogens is 1. The summed E-state index contributed by atoms with van der Waals surface area (Å²) >= 11 is 2.53. The van der Waals surface area contributed by atoms with Gasteiger partial charge in [-0.05, 0) is 47.6 Å². The Kier molecular flexibility index (Phi) is 3.69. The lowest BCUT2D eigenvalue weighted by Crippen LogP contribution is -2.14. The molecule has 20 heavy (non-hydrogen) atoms. The molecule has 0 aromatic heterocycles. The van der Waals surface area contributed by atoms with Crippen LogP contribution in [0.2, 0.25) is 0 Å². The van der Waals surface area contributed by atoms with Gasteiger partial charge in [0.2, 0.25) is 0 Å². The van der Waals surface area contributed by atoms with Crippen LogP contribution in [-0.4, -0.2) is 9.03 Å². The van der Waals surface area contributed by atoms with Gasteiger partial charge >= 0.3 is 0 Å². The first-order chi connectivity index (χ1) is 9.51. The molecule has 0 radical (unpaired) electrons. The second-order valence-electron chi connectivity index (χ2n) is 6.44. The van der Waals surface area contributed by atoms with Crippen LogP contribution in [0.25, 0.3) is 10.8 Å². The molecule has 0 saturated heterocycles. The third-order valence-corrected chi connectivity index (χ3v) is 5.26. The number of alkyl halides is 1. The first kappa shape index (κ1) is 14.2. The van der Waals surface area contributed by atoms with Gasteiger partial charge in [-0.3, -0.25) is 0 Å². The van der Waals surface area contributed by atoms with Gasteiger partial charge in [-0.2, -0.15) is 0 Å². The molecule has 0 amide bonds. The number of fused-ring (bicyclic) bond motifs is 1. The van der Waals surface area contributed by atoms with E-state index in [1.165, 1.54) is 30.2 Å². The molecule has 2 aromatic carbocycles. The van der Waals surface area contributed by atoms with Crippen molar-refractivity contribution in [3.63, 3.8) is 0 Å². The average Bonchev–Trinajstić information content (AvgIpc) is 3.15. The Hall–Kier alpha value is -0.770. The lowest BCUT2D eigenvalue weighted by molar-refractivity contribution is 0.419. The molecule has 0 heterocycles. The second-order valence-corrected chi connectivity index (χ2v) is 8.57. The molecular formula is C18H21IO. The summed E-state index contributed by atoms with van der Waals surface area (Å²) in [5.41, 5.74) is 1.88. The number of phenols is 1. The molecule has 2 unspecified atom stereocenters. The Morgan fingerprint density at radius 3 is 2.45 bits per heavy atom. The first-order valence-corrected chi connectivity index (χ1v) is 8.60. The Balaban J connectivity index is 2.14. The summed E-state index contributed by atoms with van der Waals surface area (Å²) in [7, 11) is 0. The minimum absolute atomic E-state index is 0.395. The zero-order valence-electron chi connectivity index (χ0n) is 12.1. The van der Waals surface area contributed by atoms with Gasteiger partial charge in [0.15, 0.2) is 0 Å². The number of benzene rings is 2. The minimum Gasteiger partial charge on any atom is -0.507 e. The Labute approximate surface area is 134 Å². The van der Waals surface area contributed by atoms with Crippen molar-refractivity contribution in [2.24, 2.45) is 5.41 Å². The highest BCUT2D eigenvalue weighted by Gasteiger charge is 2.45. The summed E-state index contributed by atoms with van der Waals surface area (Å²) in [6.45, 7) is 4.71. The van der Waals surface area contributed by atoms with E-state index in [1.54, 1.807) is 6.07 Å². The molecule has 1 nitrogen and oxygen atoms in total. The van der Waals surface area contributed by atoms with E-state index >= 15 is 0 Å². The molecule has 1 aliphatic rings. The van der Waals surface area contributed by atoms with E-state index in [9.17, 15) is 5.11 Å². The average molecular weight is 380 g/mol. The SMILES string of the molecule is CC(I)CC(c1cccc2c(O)cccc12)C1(C)CC1. The van der Waals surface area contributed by atoms with Crippen LogP contribution < -0.4 is 0 Å². The summed E-state index contributed by atoms with van der Waals surface area (Å²) in [6, 6.07) is 12.3. The maximum atomic E-state index is 10.1. The normalized spacial score (nSPS) is 19.8. The van der Waals surface area contributed by atoms with Gasteiger partial charge in [0.25, 0.3) is 0 Å². The number of hydrogen-bond acceptors (Lipinski definition) is 1. The Morgan fingerprint density at radius 2 is 1.80 bits per heavy atom. The van der Waals surface area contributed by atoms with Gasteiger partial charge in [0.05, 0.1) is 0 Å². The van der Waals surface area contributed by atoms with E-state index in [4.69, 9.17) is 0 Å². The lowest BCUT2D eigenvalue weighted by Gasteiger charge is -2.27. The molecule has 0 bridgehead atoms. The van der Waals surface area contributed by atoms with Gasteiger partial charge in [0, 0.05) is 9.31 Å². The third kappa shape index (κ3) is 2.54. The van der Waals surface area contributed by atoms with Crippen LogP contribution in [0.1, 0.15) is 44.6 Å². The summed E-state index contributed by atoms with van der Waals surface area (Å²) in [6.07, 6.45) is 3.87. The van der Waals surface area contributed by atoms with E-state index in [-0.39, 0.29) is 0 Å². The maximum absolute atomic E-state index is 10.1. The highest BCUT2D eigenvalue weighted by Crippen LogP contribution is 2.58. The van der Waals surface area contributed by atoms with Crippen molar-refractivity contribution < 1.29 is 5.11 Å². The van der Waals surface area contributed by atoms with Crippen LogP contribution in [0, 0.1) is 5.41 Å². The first-order valence-electron chi connectivity index (χ1n) is 7.36. The molecular weight excluding hydrogens is 359 g/mol. The summed E-state index contributed by atoms with van der Waals surface area (Å²) < 4.78 is 0.669. The van der Waals surface area contributed by atoms with Crippen LogP contribution >= 0.6 is 22.6 Å². The molecule has 3 rings (SSSR count). The second kappa shape index (κ2) is 5.21. The van der Waals surface area contributed by atoms with Gasteiger partial charge in [-0.15, -0.1) is 0 Å². The van der Waals surface area contributed by atoms with E-state index in [2.05, 4.69) is 54.6 Å². The molecule has 0 spiro atoms. The van der Waals surface area contributed by atoms with Crippen molar-refractivity contribution in [2.75, 3.05) is 0 Å². The number of phenolic OH excluding ortho intramolecular Hbond substituents is 1. The van der Waals surface area contributed by atoms with Crippen LogP contribution in [0.15, 0.2) is 36.4 Å². The Morgan fingerprint density at radius 1 is 1.15 bits per heavy atom. The molecule has 2 heteroatoms. The van der Waals surface area contributed by atoms with Crippen molar-refractivity contribution in [2.45, 2.75) is 43.0 Å². The van der Waals surface area contributed by atoms with Gasteiger partial charge < -0.3 is 5.11 Å². The molecule has 0 aliphatic heterocycles. The topological polar surface area (TPSA) is 20.2 Å². The van der Waals surface area contributed by atoms with Gasteiger partial charge in [0.1, 0.15) is 5.75 Å². The summed E-state index contributed by atoms with van der Waals surface area (Å²) in [4.78, 5) is 0. The van der Waals surface area contributed by atoms with E-state index in [0.717, 1.165) is 5.39 Å². The molecule has 1 aliphatic carbocycles.